The normalized spacial score (nSPS) is 10.8. The Kier molecular flexibility index (Phi) is 3.05. The monoisotopic (exact) mass is 290 g/mol. The third kappa shape index (κ3) is 2.14. The molecule has 0 bridgehead atoms. The van der Waals surface area contributed by atoms with Gasteiger partial charge in [0, 0.05) is 16.5 Å². The van der Waals surface area contributed by atoms with Crippen LogP contribution in [0.3, 0.4) is 0 Å². The summed E-state index contributed by atoms with van der Waals surface area (Å²) in [6.07, 6.45) is 0.755. The molecule has 1 heterocycles. The van der Waals surface area contributed by atoms with E-state index in [2.05, 4.69) is 0 Å². The van der Waals surface area contributed by atoms with Gasteiger partial charge in [0.25, 0.3) is 0 Å². The van der Waals surface area contributed by atoms with Gasteiger partial charge >= 0.3 is 0 Å². The van der Waals surface area contributed by atoms with Crippen molar-refractivity contribution in [2.24, 2.45) is 0 Å². The molecule has 0 N–H and O–H groups in total. The highest BCUT2D eigenvalue weighted by atomic mass is 35.5. The first-order valence-electron chi connectivity index (χ1n) is 5.62. The lowest BCUT2D eigenvalue weighted by atomic mass is 10.1. The van der Waals surface area contributed by atoms with Crippen LogP contribution in [0.4, 0.5) is 0 Å². The van der Waals surface area contributed by atoms with E-state index in [1.807, 2.05) is 18.2 Å². The van der Waals surface area contributed by atoms with Crippen LogP contribution in [0.5, 0.6) is 0 Å². The van der Waals surface area contributed by atoms with E-state index in [0.29, 0.717) is 27.0 Å². The largest absolute Gasteiger partial charge is 0.454 e. The summed E-state index contributed by atoms with van der Waals surface area (Å²) in [6, 6.07) is 12.5. The van der Waals surface area contributed by atoms with Gasteiger partial charge in [-0.15, -0.1) is 0 Å². The second kappa shape index (κ2) is 4.72. The molecule has 2 aromatic carbocycles. The van der Waals surface area contributed by atoms with Crippen molar-refractivity contribution in [3.8, 4) is 11.3 Å². The van der Waals surface area contributed by atoms with Crippen molar-refractivity contribution < 1.29 is 9.21 Å². The smallest absolute Gasteiger partial charge is 0.153 e. The Labute approximate surface area is 119 Å². The molecule has 4 heteroatoms. The van der Waals surface area contributed by atoms with Crippen molar-refractivity contribution in [1.29, 1.82) is 0 Å². The number of carbonyl (C=O) groups excluding carboxylic acids is 1. The molecule has 0 amide bonds. The van der Waals surface area contributed by atoms with Gasteiger partial charge in [0.2, 0.25) is 0 Å². The SMILES string of the molecule is O=Cc1ccc(-c2cc3cccc(Cl)c3o2)c(Cl)c1. The van der Waals surface area contributed by atoms with E-state index in [-0.39, 0.29) is 0 Å². The van der Waals surface area contributed by atoms with Crippen molar-refractivity contribution in [2.45, 2.75) is 0 Å². The zero-order valence-corrected chi connectivity index (χ0v) is 11.2. The summed E-state index contributed by atoms with van der Waals surface area (Å²) < 4.78 is 5.73. The Hall–Kier alpha value is -1.77. The summed E-state index contributed by atoms with van der Waals surface area (Å²) in [6.45, 7) is 0. The second-order valence-corrected chi connectivity index (χ2v) is 4.94. The Morgan fingerprint density at radius 2 is 1.84 bits per heavy atom. The summed E-state index contributed by atoms with van der Waals surface area (Å²) in [4.78, 5) is 10.7. The maximum atomic E-state index is 10.7. The zero-order valence-electron chi connectivity index (χ0n) is 9.69. The molecule has 0 aliphatic heterocycles. The second-order valence-electron chi connectivity index (χ2n) is 4.13. The third-order valence-electron chi connectivity index (χ3n) is 2.89. The van der Waals surface area contributed by atoms with Gasteiger partial charge in [-0.25, -0.2) is 0 Å². The van der Waals surface area contributed by atoms with Crippen LogP contribution < -0.4 is 0 Å². The summed E-state index contributed by atoms with van der Waals surface area (Å²) in [5, 5.41) is 1.95. The molecule has 2 nitrogen and oxygen atoms in total. The molecule has 0 aliphatic carbocycles. The summed E-state index contributed by atoms with van der Waals surface area (Å²) in [5.74, 6) is 0.630. The van der Waals surface area contributed by atoms with Crippen LogP contribution in [0, 0.1) is 0 Å². The average Bonchev–Trinajstić information content (AvgIpc) is 2.83. The van der Waals surface area contributed by atoms with Crippen molar-refractivity contribution in [3.05, 3.63) is 58.1 Å². The molecule has 19 heavy (non-hydrogen) atoms. The predicted octanol–water partition coefficient (Wildman–Crippen LogP) is 5.22. The maximum absolute atomic E-state index is 10.7. The van der Waals surface area contributed by atoms with Crippen molar-refractivity contribution >= 4 is 40.5 Å². The highest BCUT2D eigenvalue weighted by molar-refractivity contribution is 6.35. The van der Waals surface area contributed by atoms with Gasteiger partial charge in [0.05, 0.1) is 10.0 Å². The van der Waals surface area contributed by atoms with E-state index < -0.39 is 0 Å². The maximum Gasteiger partial charge on any atom is 0.153 e. The molecule has 0 unspecified atom stereocenters. The first kappa shape index (κ1) is 12.3. The van der Waals surface area contributed by atoms with Crippen LogP contribution in [0.2, 0.25) is 10.0 Å². The minimum atomic E-state index is 0.472. The Balaban J connectivity index is 2.19. The number of para-hydroxylation sites is 1. The molecule has 3 aromatic rings. The number of carbonyl (C=O) groups is 1. The number of halogens is 2. The minimum absolute atomic E-state index is 0.472. The molecule has 0 spiro atoms. The van der Waals surface area contributed by atoms with Gasteiger partial charge in [-0.1, -0.05) is 41.4 Å². The molecule has 0 saturated heterocycles. The first-order valence-corrected chi connectivity index (χ1v) is 6.38. The fourth-order valence-electron chi connectivity index (χ4n) is 1.96. The van der Waals surface area contributed by atoms with Crippen LogP contribution in [0.25, 0.3) is 22.3 Å². The third-order valence-corrected chi connectivity index (χ3v) is 3.50. The summed E-state index contributed by atoms with van der Waals surface area (Å²) >= 11 is 12.2. The Morgan fingerprint density at radius 3 is 2.53 bits per heavy atom. The van der Waals surface area contributed by atoms with Gasteiger partial charge in [-0.2, -0.15) is 0 Å². The molecule has 0 radical (unpaired) electrons. The quantitative estimate of drug-likeness (QED) is 0.606. The molecular weight excluding hydrogens is 283 g/mol. The number of rotatable bonds is 2. The van der Waals surface area contributed by atoms with Crippen LogP contribution in [-0.2, 0) is 0 Å². The lowest BCUT2D eigenvalue weighted by Crippen LogP contribution is -1.82. The van der Waals surface area contributed by atoms with E-state index >= 15 is 0 Å². The summed E-state index contributed by atoms with van der Waals surface area (Å²) in [7, 11) is 0. The van der Waals surface area contributed by atoms with E-state index in [1.54, 1.807) is 24.3 Å². The van der Waals surface area contributed by atoms with E-state index in [0.717, 1.165) is 17.2 Å². The van der Waals surface area contributed by atoms with Crippen LogP contribution in [-0.4, -0.2) is 6.29 Å². The zero-order chi connectivity index (χ0) is 13.4. The van der Waals surface area contributed by atoms with Gasteiger partial charge < -0.3 is 4.42 Å². The Morgan fingerprint density at radius 1 is 1.00 bits per heavy atom. The first-order chi connectivity index (χ1) is 9.19. The Bertz CT molecular complexity index is 775. The molecule has 0 fully saturated rings. The number of benzene rings is 2. The molecular formula is C15H8Cl2O2. The molecule has 0 saturated carbocycles. The molecule has 94 valence electrons. The number of furan rings is 1. The van der Waals surface area contributed by atoms with E-state index in [1.165, 1.54) is 0 Å². The van der Waals surface area contributed by atoms with Crippen molar-refractivity contribution in [3.63, 3.8) is 0 Å². The van der Waals surface area contributed by atoms with Gasteiger partial charge in [-0.05, 0) is 24.3 Å². The molecule has 0 aliphatic rings. The fourth-order valence-corrected chi connectivity index (χ4v) is 2.47. The lowest BCUT2D eigenvalue weighted by molar-refractivity contribution is 0.112. The van der Waals surface area contributed by atoms with E-state index in [4.69, 9.17) is 27.6 Å². The standard InChI is InChI=1S/C15H8Cl2O2/c16-12-3-1-2-10-7-14(19-15(10)12)11-5-4-9(8-18)6-13(11)17/h1-8H. The van der Waals surface area contributed by atoms with Crippen LogP contribution in [0.1, 0.15) is 10.4 Å². The van der Waals surface area contributed by atoms with Crippen LogP contribution >= 0.6 is 23.2 Å². The van der Waals surface area contributed by atoms with Gasteiger partial charge in [0.15, 0.2) is 5.58 Å². The summed E-state index contributed by atoms with van der Waals surface area (Å²) in [5.41, 5.74) is 1.90. The highest BCUT2D eigenvalue weighted by Gasteiger charge is 2.11. The van der Waals surface area contributed by atoms with Gasteiger partial charge in [0.1, 0.15) is 12.0 Å². The van der Waals surface area contributed by atoms with E-state index in [9.17, 15) is 4.79 Å². The fraction of sp³-hybridized carbons (Fsp3) is 0. The minimum Gasteiger partial charge on any atom is -0.454 e. The van der Waals surface area contributed by atoms with Crippen molar-refractivity contribution in [2.75, 3.05) is 0 Å². The average molecular weight is 291 g/mol. The molecule has 3 rings (SSSR count). The van der Waals surface area contributed by atoms with Crippen LogP contribution in [0.15, 0.2) is 46.9 Å². The number of fused-ring (bicyclic) bond motifs is 1. The van der Waals surface area contributed by atoms with Gasteiger partial charge in [-0.3, -0.25) is 4.79 Å². The molecule has 0 atom stereocenters. The number of hydrogen-bond donors (Lipinski definition) is 0. The molecule has 1 aromatic heterocycles. The number of aldehydes is 1. The topological polar surface area (TPSA) is 30.2 Å². The number of hydrogen-bond acceptors (Lipinski definition) is 2. The highest BCUT2D eigenvalue weighted by Crippen LogP contribution is 2.35. The predicted molar refractivity (Wildman–Crippen MR) is 77.1 cm³/mol. The van der Waals surface area contributed by atoms with Crippen molar-refractivity contribution in [1.82, 2.24) is 0 Å². The lowest BCUT2D eigenvalue weighted by Gasteiger charge is -2.00.